The molecule has 1 heterocycles. The van der Waals surface area contributed by atoms with Crippen molar-refractivity contribution in [1.82, 2.24) is 0 Å². The molecule has 1 aliphatic heterocycles. The Morgan fingerprint density at radius 3 is 2.86 bits per heavy atom. The predicted octanol–water partition coefficient (Wildman–Crippen LogP) is 1.00. The van der Waals surface area contributed by atoms with E-state index in [0.717, 1.165) is 12.2 Å². The van der Waals surface area contributed by atoms with Gasteiger partial charge >= 0.3 is 11.9 Å². The molecule has 0 radical (unpaired) electrons. The summed E-state index contributed by atoms with van der Waals surface area (Å²) in [6.45, 7) is 0. The lowest BCUT2D eigenvalue weighted by Crippen LogP contribution is -2.31. The highest BCUT2D eigenvalue weighted by Gasteiger charge is 2.32. The lowest BCUT2D eigenvalue weighted by Gasteiger charge is -2.27. The molecule has 80 valence electrons. The van der Waals surface area contributed by atoms with E-state index < -0.39 is 11.9 Å². The van der Waals surface area contributed by atoms with Crippen LogP contribution in [0, 0.1) is 11.8 Å². The van der Waals surface area contributed by atoms with Crippen LogP contribution in [-0.2, 0) is 14.3 Å². The molecule has 1 N–H and O–H groups in total. The van der Waals surface area contributed by atoms with Crippen LogP contribution in [0.4, 0.5) is 0 Å². The molecule has 14 heavy (non-hydrogen) atoms. The number of carbonyl (C=O) groups excluding carboxylic acids is 1. The summed E-state index contributed by atoms with van der Waals surface area (Å²) < 4.78 is 4.54. The molecule has 0 saturated carbocycles. The van der Waals surface area contributed by atoms with E-state index in [2.05, 4.69) is 4.74 Å². The van der Waals surface area contributed by atoms with Crippen LogP contribution < -0.4 is 0 Å². The van der Waals surface area contributed by atoms with Crippen molar-refractivity contribution in [3.8, 4) is 0 Å². The SMILES string of the molecule is COC(=O)C[C@@H]1CCSC[C@H]1C(=O)O. The Morgan fingerprint density at radius 2 is 2.29 bits per heavy atom. The molecule has 0 aromatic heterocycles. The predicted molar refractivity (Wildman–Crippen MR) is 53.2 cm³/mol. The average molecular weight is 218 g/mol. The molecule has 1 aliphatic rings. The third-order valence-corrected chi connectivity index (χ3v) is 3.59. The second kappa shape index (κ2) is 5.24. The lowest BCUT2D eigenvalue weighted by atomic mass is 9.88. The first-order valence-electron chi connectivity index (χ1n) is 4.52. The van der Waals surface area contributed by atoms with E-state index in [0.29, 0.717) is 5.75 Å². The normalized spacial score (nSPS) is 26.9. The maximum atomic E-state index is 11.0. The average Bonchev–Trinajstić information content (AvgIpc) is 2.18. The molecule has 0 aromatic rings. The van der Waals surface area contributed by atoms with Crippen molar-refractivity contribution in [3.63, 3.8) is 0 Å². The van der Waals surface area contributed by atoms with Gasteiger partial charge < -0.3 is 9.84 Å². The molecule has 0 unspecified atom stereocenters. The Morgan fingerprint density at radius 1 is 1.57 bits per heavy atom. The summed E-state index contributed by atoms with van der Waals surface area (Å²) in [5.74, 6) is -0.0177. The Balaban J connectivity index is 2.54. The van der Waals surface area contributed by atoms with Crippen molar-refractivity contribution in [2.75, 3.05) is 18.6 Å². The lowest BCUT2D eigenvalue weighted by molar-refractivity contribution is -0.146. The van der Waals surface area contributed by atoms with Gasteiger partial charge in [-0.05, 0) is 18.1 Å². The van der Waals surface area contributed by atoms with Gasteiger partial charge in [0.25, 0.3) is 0 Å². The zero-order valence-electron chi connectivity index (χ0n) is 8.06. The van der Waals surface area contributed by atoms with Crippen LogP contribution >= 0.6 is 11.8 Å². The highest BCUT2D eigenvalue weighted by atomic mass is 32.2. The molecule has 0 amide bonds. The highest BCUT2D eigenvalue weighted by molar-refractivity contribution is 7.99. The van der Waals surface area contributed by atoms with E-state index in [1.165, 1.54) is 7.11 Å². The van der Waals surface area contributed by atoms with Crippen LogP contribution in [-0.4, -0.2) is 35.7 Å². The summed E-state index contributed by atoms with van der Waals surface area (Å²) in [6, 6.07) is 0. The van der Waals surface area contributed by atoms with Crippen LogP contribution in [0.2, 0.25) is 0 Å². The number of esters is 1. The maximum Gasteiger partial charge on any atom is 0.307 e. The summed E-state index contributed by atoms with van der Waals surface area (Å²) in [6.07, 6.45) is 1.02. The van der Waals surface area contributed by atoms with Gasteiger partial charge in [0.2, 0.25) is 0 Å². The highest BCUT2D eigenvalue weighted by Crippen LogP contribution is 2.31. The van der Waals surface area contributed by atoms with E-state index in [1.807, 2.05) is 0 Å². The van der Waals surface area contributed by atoms with Crippen molar-refractivity contribution in [2.45, 2.75) is 12.8 Å². The standard InChI is InChI=1S/C9H14O4S/c1-13-8(10)4-6-2-3-14-5-7(6)9(11)12/h6-7H,2-5H2,1H3,(H,11,12)/t6-,7+/m0/s1. The molecule has 1 fully saturated rings. The van der Waals surface area contributed by atoms with Gasteiger partial charge in [0.1, 0.15) is 0 Å². The van der Waals surface area contributed by atoms with Crippen LogP contribution in [0.5, 0.6) is 0 Å². The Bertz CT molecular complexity index is 229. The van der Waals surface area contributed by atoms with Crippen molar-refractivity contribution >= 4 is 23.7 Å². The molecule has 2 atom stereocenters. The zero-order valence-corrected chi connectivity index (χ0v) is 8.88. The zero-order chi connectivity index (χ0) is 10.6. The first kappa shape index (κ1) is 11.4. The summed E-state index contributed by atoms with van der Waals surface area (Å²) in [7, 11) is 1.33. The van der Waals surface area contributed by atoms with Gasteiger partial charge in [-0.25, -0.2) is 0 Å². The summed E-state index contributed by atoms with van der Waals surface area (Å²) >= 11 is 1.64. The molecule has 4 nitrogen and oxygen atoms in total. The number of rotatable bonds is 3. The number of ether oxygens (including phenoxy) is 1. The molecule has 5 heteroatoms. The quantitative estimate of drug-likeness (QED) is 0.716. The third kappa shape index (κ3) is 2.90. The van der Waals surface area contributed by atoms with Gasteiger partial charge in [-0.1, -0.05) is 0 Å². The minimum Gasteiger partial charge on any atom is -0.481 e. The number of hydrogen-bond donors (Lipinski definition) is 1. The fourth-order valence-electron chi connectivity index (χ4n) is 1.60. The summed E-state index contributed by atoms with van der Waals surface area (Å²) in [5.41, 5.74) is 0. The Hall–Kier alpha value is -0.710. The summed E-state index contributed by atoms with van der Waals surface area (Å²) in [4.78, 5) is 21.9. The van der Waals surface area contributed by atoms with Crippen LogP contribution in [0.15, 0.2) is 0 Å². The van der Waals surface area contributed by atoms with Crippen molar-refractivity contribution < 1.29 is 19.4 Å². The van der Waals surface area contributed by atoms with Crippen molar-refractivity contribution in [3.05, 3.63) is 0 Å². The Kier molecular flexibility index (Phi) is 4.25. The molecular weight excluding hydrogens is 204 g/mol. The smallest absolute Gasteiger partial charge is 0.307 e. The molecule has 1 saturated heterocycles. The van der Waals surface area contributed by atoms with Gasteiger partial charge in [-0.2, -0.15) is 11.8 Å². The second-order valence-electron chi connectivity index (χ2n) is 3.35. The van der Waals surface area contributed by atoms with E-state index in [1.54, 1.807) is 11.8 Å². The van der Waals surface area contributed by atoms with Crippen LogP contribution in [0.3, 0.4) is 0 Å². The number of aliphatic carboxylic acids is 1. The number of carbonyl (C=O) groups is 2. The molecule has 0 bridgehead atoms. The first-order valence-corrected chi connectivity index (χ1v) is 5.68. The van der Waals surface area contributed by atoms with Gasteiger partial charge in [0.15, 0.2) is 0 Å². The van der Waals surface area contributed by atoms with E-state index in [9.17, 15) is 9.59 Å². The molecule has 0 aliphatic carbocycles. The van der Waals surface area contributed by atoms with E-state index >= 15 is 0 Å². The van der Waals surface area contributed by atoms with Gasteiger partial charge in [-0.3, -0.25) is 9.59 Å². The largest absolute Gasteiger partial charge is 0.481 e. The number of hydrogen-bond acceptors (Lipinski definition) is 4. The van der Waals surface area contributed by atoms with Crippen molar-refractivity contribution in [1.29, 1.82) is 0 Å². The van der Waals surface area contributed by atoms with Gasteiger partial charge in [-0.15, -0.1) is 0 Å². The Labute approximate surface area is 87.0 Å². The minimum absolute atomic E-state index is 0.0544. The number of carboxylic acid groups (broad SMARTS) is 1. The third-order valence-electron chi connectivity index (χ3n) is 2.47. The number of methoxy groups -OCH3 is 1. The van der Waals surface area contributed by atoms with Crippen LogP contribution in [0.1, 0.15) is 12.8 Å². The molecule has 1 rings (SSSR count). The van der Waals surface area contributed by atoms with Crippen LogP contribution in [0.25, 0.3) is 0 Å². The second-order valence-corrected chi connectivity index (χ2v) is 4.50. The molecule has 0 aromatic carbocycles. The number of thioether (sulfide) groups is 1. The van der Waals surface area contributed by atoms with E-state index in [-0.39, 0.29) is 18.3 Å². The molecule has 0 spiro atoms. The maximum absolute atomic E-state index is 11.0. The van der Waals surface area contributed by atoms with Crippen molar-refractivity contribution in [2.24, 2.45) is 11.8 Å². The fourth-order valence-corrected chi connectivity index (χ4v) is 2.90. The van der Waals surface area contributed by atoms with E-state index in [4.69, 9.17) is 5.11 Å². The first-order chi connectivity index (χ1) is 6.65. The molecular formula is C9H14O4S. The number of carboxylic acids is 1. The topological polar surface area (TPSA) is 63.6 Å². The summed E-state index contributed by atoms with van der Waals surface area (Å²) in [5, 5.41) is 8.93. The fraction of sp³-hybridized carbons (Fsp3) is 0.778. The van der Waals surface area contributed by atoms with Gasteiger partial charge in [0.05, 0.1) is 13.0 Å². The monoisotopic (exact) mass is 218 g/mol. The van der Waals surface area contributed by atoms with Gasteiger partial charge in [0, 0.05) is 12.2 Å². The minimum atomic E-state index is -0.800.